The fourth-order valence-electron chi connectivity index (χ4n) is 2.68. The molecule has 0 bridgehead atoms. The van der Waals surface area contributed by atoms with Crippen molar-refractivity contribution in [1.29, 1.82) is 0 Å². The van der Waals surface area contributed by atoms with E-state index in [0.29, 0.717) is 17.8 Å². The zero-order valence-electron chi connectivity index (χ0n) is 15.2. The Labute approximate surface area is 161 Å². The molecule has 0 saturated carbocycles. The summed E-state index contributed by atoms with van der Waals surface area (Å²) in [5, 5.41) is 2.65. The molecule has 0 saturated heterocycles. The van der Waals surface area contributed by atoms with E-state index in [9.17, 15) is 14.4 Å². The largest absolute Gasteiger partial charge is 0.497 e. The maximum Gasteiger partial charge on any atom is 0.263 e. The minimum Gasteiger partial charge on any atom is -0.497 e. The summed E-state index contributed by atoms with van der Waals surface area (Å²) in [7, 11) is 1.59. The van der Waals surface area contributed by atoms with Crippen LogP contribution in [0.3, 0.4) is 0 Å². The van der Waals surface area contributed by atoms with Crippen LogP contribution in [0, 0.1) is 0 Å². The van der Waals surface area contributed by atoms with Crippen LogP contribution in [0.2, 0.25) is 0 Å². The quantitative estimate of drug-likeness (QED) is 0.688. The van der Waals surface area contributed by atoms with Crippen LogP contribution in [-0.4, -0.2) is 23.5 Å². The summed E-state index contributed by atoms with van der Waals surface area (Å²) in [5.74, 6) is -0.352. The molecule has 0 aliphatic carbocycles. The number of hydrogen-bond donors (Lipinski definition) is 2. The number of pyridine rings is 1. The van der Waals surface area contributed by atoms with Crippen LogP contribution in [-0.2, 0) is 6.54 Å². The first kappa shape index (κ1) is 18.9. The Hall–Kier alpha value is -3.87. The molecule has 0 aliphatic rings. The average Bonchev–Trinajstić information content (AvgIpc) is 2.70. The van der Waals surface area contributed by atoms with Crippen LogP contribution in [0.5, 0.6) is 5.75 Å². The number of hydrogen-bond acceptors (Lipinski definition) is 4. The van der Waals surface area contributed by atoms with Crippen molar-refractivity contribution < 1.29 is 14.3 Å². The Morgan fingerprint density at radius 2 is 1.71 bits per heavy atom. The fraction of sp³-hybridized carbons (Fsp3) is 0.0952. The van der Waals surface area contributed by atoms with E-state index < -0.39 is 17.4 Å². The van der Waals surface area contributed by atoms with Crippen molar-refractivity contribution in [2.75, 3.05) is 12.4 Å². The number of ether oxygens (including phenoxy) is 1. The lowest BCUT2D eigenvalue weighted by Crippen LogP contribution is -2.29. The van der Waals surface area contributed by atoms with Gasteiger partial charge in [-0.3, -0.25) is 14.4 Å². The summed E-state index contributed by atoms with van der Waals surface area (Å²) < 4.78 is 6.59. The van der Waals surface area contributed by atoms with Crippen molar-refractivity contribution in [1.82, 2.24) is 4.57 Å². The minimum atomic E-state index is -0.553. The van der Waals surface area contributed by atoms with Gasteiger partial charge in [-0.1, -0.05) is 12.1 Å². The van der Waals surface area contributed by atoms with Gasteiger partial charge >= 0.3 is 0 Å². The monoisotopic (exact) mass is 377 g/mol. The summed E-state index contributed by atoms with van der Waals surface area (Å²) in [6.45, 7) is 0.331. The number of nitrogens with one attached hydrogen (secondary N) is 1. The van der Waals surface area contributed by atoms with Gasteiger partial charge in [0.25, 0.3) is 11.5 Å². The third-order valence-corrected chi connectivity index (χ3v) is 4.20. The minimum absolute atomic E-state index is 0.0231. The molecule has 1 aromatic heterocycles. The van der Waals surface area contributed by atoms with Crippen molar-refractivity contribution in [3.63, 3.8) is 0 Å². The van der Waals surface area contributed by atoms with E-state index in [2.05, 4.69) is 5.32 Å². The first-order chi connectivity index (χ1) is 13.5. The Bertz CT molecular complexity index is 1050. The van der Waals surface area contributed by atoms with Gasteiger partial charge in [-0.25, -0.2) is 0 Å². The van der Waals surface area contributed by atoms with Crippen LogP contribution in [0.1, 0.15) is 26.3 Å². The molecule has 2 aromatic carbocycles. The summed E-state index contributed by atoms with van der Waals surface area (Å²) >= 11 is 0. The van der Waals surface area contributed by atoms with E-state index in [4.69, 9.17) is 10.5 Å². The maximum atomic E-state index is 12.7. The van der Waals surface area contributed by atoms with E-state index in [0.717, 1.165) is 11.3 Å². The van der Waals surface area contributed by atoms with Crippen molar-refractivity contribution >= 4 is 17.5 Å². The molecule has 3 aromatic rings. The lowest BCUT2D eigenvalue weighted by molar-refractivity contribution is 0.0998. The molecule has 3 N–H and O–H groups in total. The molecule has 0 unspecified atom stereocenters. The predicted octanol–water partition coefficient (Wildman–Crippen LogP) is 2.26. The molecular formula is C21H19N3O4. The number of carbonyl (C=O) groups excluding carboxylic acids is 2. The molecule has 1 heterocycles. The highest BCUT2D eigenvalue weighted by Gasteiger charge is 2.13. The summed E-state index contributed by atoms with van der Waals surface area (Å²) in [6.07, 6.45) is 1.63. The van der Waals surface area contributed by atoms with Gasteiger partial charge in [0.2, 0.25) is 5.91 Å². The van der Waals surface area contributed by atoms with E-state index in [-0.39, 0.29) is 5.56 Å². The summed E-state index contributed by atoms with van der Waals surface area (Å²) in [4.78, 5) is 36.3. The number of aromatic nitrogens is 1. The zero-order chi connectivity index (χ0) is 20.1. The van der Waals surface area contributed by atoms with Crippen molar-refractivity contribution in [2.24, 2.45) is 5.73 Å². The number of nitrogens with two attached hydrogens (primary N) is 1. The van der Waals surface area contributed by atoms with Gasteiger partial charge < -0.3 is 20.4 Å². The van der Waals surface area contributed by atoms with Gasteiger partial charge in [-0.2, -0.15) is 0 Å². The molecule has 0 radical (unpaired) electrons. The van der Waals surface area contributed by atoms with Gasteiger partial charge in [0, 0.05) is 17.4 Å². The normalized spacial score (nSPS) is 10.3. The maximum absolute atomic E-state index is 12.7. The molecule has 7 heteroatoms. The average molecular weight is 377 g/mol. The number of nitrogens with zero attached hydrogens (tertiary/aromatic N) is 1. The van der Waals surface area contributed by atoms with E-state index in [1.807, 2.05) is 24.3 Å². The molecule has 3 rings (SSSR count). The SMILES string of the molecule is COc1ccc(Cn2cccc(C(=O)Nc3ccc(C(N)=O)cc3)c2=O)cc1. The third-order valence-electron chi connectivity index (χ3n) is 4.20. The highest BCUT2D eigenvalue weighted by molar-refractivity contribution is 6.04. The highest BCUT2D eigenvalue weighted by Crippen LogP contribution is 2.13. The Kier molecular flexibility index (Phi) is 5.55. The molecule has 2 amide bonds. The van der Waals surface area contributed by atoms with Gasteiger partial charge in [0.15, 0.2) is 0 Å². The number of carbonyl (C=O) groups is 2. The first-order valence-corrected chi connectivity index (χ1v) is 8.51. The first-order valence-electron chi connectivity index (χ1n) is 8.51. The molecule has 0 spiro atoms. The molecule has 0 aliphatic heterocycles. The second-order valence-corrected chi connectivity index (χ2v) is 6.10. The predicted molar refractivity (Wildman–Crippen MR) is 106 cm³/mol. The van der Waals surface area contributed by atoms with Crippen molar-refractivity contribution in [2.45, 2.75) is 6.54 Å². The number of primary amides is 1. The summed E-state index contributed by atoms with van der Waals surface area (Å²) in [5.41, 5.74) is 6.52. The van der Waals surface area contributed by atoms with Crippen molar-refractivity contribution in [3.05, 3.63) is 93.9 Å². The number of amides is 2. The topological polar surface area (TPSA) is 103 Å². The van der Waals surface area contributed by atoms with Crippen LogP contribution in [0.25, 0.3) is 0 Å². The third kappa shape index (κ3) is 4.27. The smallest absolute Gasteiger partial charge is 0.263 e. The van der Waals surface area contributed by atoms with E-state index in [1.165, 1.54) is 22.8 Å². The van der Waals surface area contributed by atoms with Gasteiger partial charge in [0.1, 0.15) is 11.3 Å². The van der Waals surface area contributed by atoms with Crippen LogP contribution in [0.4, 0.5) is 5.69 Å². The van der Waals surface area contributed by atoms with Crippen LogP contribution < -0.4 is 21.3 Å². The Morgan fingerprint density at radius 3 is 2.32 bits per heavy atom. The lowest BCUT2D eigenvalue weighted by Gasteiger charge is -2.10. The van der Waals surface area contributed by atoms with Gasteiger partial charge in [0.05, 0.1) is 13.7 Å². The van der Waals surface area contributed by atoms with Gasteiger partial charge in [-0.05, 0) is 54.1 Å². The second kappa shape index (κ2) is 8.22. The van der Waals surface area contributed by atoms with E-state index in [1.54, 1.807) is 31.5 Å². The van der Waals surface area contributed by atoms with E-state index >= 15 is 0 Å². The zero-order valence-corrected chi connectivity index (χ0v) is 15.2. The van der Waals surface area contributed by atoms with Crippen LogP contribution in [0.15, 0.2) is 71.7 Å². The number of benzene rings is 2. The molecule has 0 fully saturated rings. The Morgan fingerprint density at radius 1 is 1.04 bits per heavy atom. The molecule has 142 valence electrons. The Balaban J connectivity index is 1.78. The van der Waals surface area contributed by atoms with Crippen LogP contribution >= 0.6 is 0 Å². The number of rotatable bonds is 6. The van der Waals surface area contributed by atoms with Crippen molar-refractivity contribution in [3.8, 4) is 5.75 Å². The number of methoxy groups -OCH3 is 1. The highest BCUT2D eigenvalue weighted by atomic mass is 16.5. The molecule has 7 nitrogen and oxygen atoms in total. The molecular weight excluding hydrogens is 358 g/mol. The lowest BCUT2D eigenvalue weighted by atomic mass is 10.2. The number of anilines is 1. The van der Waals surface area contributed by atoms with Gasteiger partial charge in [-0.15, -0.1) is 0 Å². The fourth-order valence-corrected chi connectivity index (χ4v) is 2.68. The second-order valence-electron chi connectivity index (χ2n) is 6.10. The molecule has 28 heavy (non-hydrogen) atoms. The standard InChI is InChI=1S/C21H19N3O4/c1-28-17-10-4-14(5-11-17)13-24-12-2-3-18(21(24)27)20(26)23-16-8-6-15(7-9-16)19(22)25/h2-12H,13H2,1H3,(H2,22,25)(H,23,26). The molecule has 0 atom stereocenters. The summed E-state index contributed by atoms with van der Waals surface area (Å²) in [6, 6.07) is 16.6.